The van der Waals surface area contributed by atoms with Crippen LogP contribution in [0.4, 0.5) is 0 Å². The summed E-state index contributed by atoms with van der Waals surface area (Å²) in [5.41, 5.74) is 0.537. The molecule has 1 rings (SSSR count). The number of hydrogen-bond donors (Lipinski definition) is 1. The predicted octanol–water partition coefficient (Wildman–Crippen LogP) is 1.66. The summed E-state index contributed by atoms with van der Waals surface area (Å²) in [6.45, 7) is 0. The van der Waals surface area contributed by atoms with Crippen molar-refractivity contribution in [1.29, 1.82) is 0 Å². The number of carboxylic acids is 1. The first-order chi connectivity index (χ1) is 7.99. The molecule has 1 aromatic rings. The van der Waals surface area contributed by atoms with E-state index >= 15 is 0 Å². The second-order valence-electron chi connectivity index (χ2n) is 3.20. The predicted molar refractivity (Wildman–Crippen MR) is 63.6 cm³/mol. The third kappa shape index (κ3) is 3.20. The number of aliphatic carboxylic acids is 1. The highest BCUT2D eigenvalue weighted by Crippen LogP contribution is 2.33. The normalized spacial score (nSPS) is 9.82. The van der Waals surface area contributed by atoms with E-state index < -0.39 is 11.8 Å². The molecule has 0 saturated carbocycles. The van der Waals surface area contributed by atoms with Crippen LogP contribution in [-0.2, 0) is 16.0 Å². The Morgan fingerprint density at radius 2 is 1.76 bits per heavy atom. The number of carboxylic acid groups (broad SMARTS) is 1. The molecular weight excluding hydrogens is 292 g/mol. The Labute approximate surface area is 106 Å². The van der Waals surface area contributed by atoms with Crippen LogP contribution in [0.5, 0.6) is 11.5 Å². The lowest BCUT2D eigenvalue weighted by atomic mass is 10.1. The molecule has 17 heavy (non-hydrogen) atoms. The van der Waals surface area contributed by atoms with Gasteiger partial charge in [0.2, 0.25) is 5.78 Å². The molecule has 1 aromatic carbocycles. The second-order valence-corrected chi connectivity index (χ2v) is 4.06. The van der Waals surface area contributed by atoms with E-state index in [1.54, 1.807) is 12.1 Å². The minimum atomic E-state index is -1.45. The summed E-state index contributed by atoms with van der Waals surface area (Å²) >= 11 is 3.25. The number of methoxy groups -OCH3 is 2. The maximum Gasteiger partial charge on any atom is 0.372 e. The van der Waals surface area contributed by atoms with E-state index in [2.05, 4.69) is 15.9 Å². The van der Waals surface area contributed by atoms with Gasteiger partial charge in [-0.25, -0.2) is 4.79 Å². The van der Waals surface area contributed by atoms with Crippen LogP contribution in [0, 0.1) is 0 Å². The molecule has 0 saturated heterocycles. The molecule has 0 radical (unpaired) electrons. The Balaban J connectivity index is 3.08. The number of carbonyl (C=O) groups is 2. The number of Topliss-reactive ketones (excluding diaryl/α,β-unsaturated/α-hetero) is 1. The quantitative estimate of drug-likeness (QED) is 0.838. The van der Waals surface area contributed by atoms with Gasteiger partial charge in [0.15, 0.2) is 11.5 Å². The molecule has 0 aliphatic rings. The molecule has 0 fully saturated rings. The van der Waals surface area contributed by atoms with Gasteiger partial charge < -0.3 is 14.6 Å². The molecule has 0 spiro atoms. The van der Waals surface area contributed by atoms with Crippen LogP contribution in [0.2, 0.25) is 0 Å². The lowest BCUT2D eigenvalue weighted by Gasteiger charge is -2.10. The standard InChI is InChI=1S/C11H11BrO5/c1-16-9-4-6(3-8(13)11(14)15)7(12)5-10(9)17-2/h4-5H,3H2,1-2H3,(H,14,15). The van der Waals surface area contributed by atoms with E-state index in [1.807, 2.05) is 0 Å². The summed E-state index contributed by atoms with van der Waals surface area (Å²) < 4.78 is 10.7. The van der Waals surface area contributed by atoms with E-state index in [1.165, 1.54) is 14.2 Å². The van der Waals surface area contributed by atoms with Crippen molar-refractivity contribution in [3.63, 3.8) is 0 Å². The van der Waals surface area contributed by atoms with E-state index in [-0.39, 0.29) is 6.42 Å². The fourth-order valence-electron chi connectivity index (χ4n) is 1.28. The summed E-state index contributed by atoms with van der Waals surface area (Å²) in [4.78, 5) is 21.6. The number of ketones is 1. The van der Waals surface area contributed by atoms with E-state index in [0.717, 1.165) is 0 Å². The lowest BCUT2D eigenvalue weighted by Crippen LogP contribution is -2.15. The summed E-state index contributed by atoms with van der Waals surface area (Å²) in [5, 5.41) is 8.54. The minimum absolute atomic E-state index is 0.198. The zero-order valence-electron chi connectivity index (χ0n) is 9.32. The largest absolute Gasteiger partial charge is 0.493 e. The van der Waals surface area contributed by atoms with Crippen LogP contribution >= 0.6 is 15.9 Å². The van der Waals surface area contributed by atoms with E-state index in [4.69, 9.17) is 14.6 Å². The summed E-state index contributed by atoms with van der Waals surface area (Å²) in [6.07, 6.45) is -0.198. The first-order valence-corrected chi connectivity index (χ1v) is 5.45. The van der Waals surface area contributed by atoms with Gasteiger partial charge in [0.25, 0.3) is 0 Å². The van der Waals surface area contributed by atoms with Crippen molar-refractivity contribution >= 4 is 27.7 Å². The van der Waals surface area contributed by atoms with Crippen LogP contribution in [0.25, 0.3) is 0 Å². The van der Waals surface area contributed by atoms with Gasteiger partial charge in [-0.2, -0.15) is 0 Å². The van der Waals surface area contributed by atoms with Crippen LogP contribution in [0.3, 0.4) is 0 Å². The Morgan fingerprint density at radius 1 is 1.24 bits per heavy atom. The molecule has 5 nitrogen and oxygen atoms in total. The zero-order valence-corrected chi connectivity index (χ0v) is 10.9. The van der Waals surface area contributed by atoms with Crippen molar-refractivity contribution in [3.8, 4) is 11.5 Å². The van der Waals surface area contributed by atoms with Crippen LogP contribution in [-0.4, -0.2) is 31.1 Å². The topological polar surface area (TPSA) is 72.8 Å². The van der Waals surface area contributed by atoms with Crippen LogP contribution in [0.15, 0.2) is 16.6 Å². The van der Waals surface area contributed by atoms with Gasteiger partial charge in [-0.05, 0) is 17.7 Å². The Bertz CT molecular complexity index is 455. The van der Waals surface area contributed by atoms with Gasteiger partial charge in [0.1, 0.15) is 0 Å². The van der Waals surface area contributed by atoms with Gasteiger partial charge in [-0.1, -0.05) is 15.9 Å². The maximum atomic E-state index is 11.1. The van der Waals surface area contributed by atoms with Crippen molar-refractivity contribution in [1.82, 2.24) is 0 Å². The fourth-order valence-corrected chi connectivity index (χ4v) is 1.74. The molecule has 0 aliphatic carbocycles. The molecule has 0 amide bonds. The van der Waals surface area contributed by atoms with Crippen molar-refractivity contribution < 1.29 is 24.2 Å². The number of halogens is 1. The third-order valence-corrected chi connectivity index (χ3v) is 2.88. The fraction of sp³-hybridized carbons (Fsp3) is 0.273. The van der Waals surface area contributed by atoms with Crippen molar-refractivity contribution in [2.24, 2.45) is 0 Å². The molecule has 92 valence electrons. The molecule has 0 bridgehead atoms. The van der Waals surface area contributed by atoms with Crippen molar-refractivity contribution in [2.75, 3.05) is 14.2 Å². The number of hydrogen-bond acceptors (Lipinski definition) is 4. The molecular formula is C11H11BrO5. The average molecular weight is 303 g/mol. The zero-order chi connectivity index (χ0) is 13.0. The van der Waals surface area contributed by atoms with Gasteiger partial charge in [-0.15, -0.1) is 0 Å². The molecule has 6 heteroatoms. The van der Waals surface area contributed by atoms with Crippen LogP contribution in [0.1, 0.15) is 5.56 Å². The molecule has 1 N–H and O–H groups in total. The number of ether oxygens (including phenoxy) is 2. The van der Waals surface area contributed by atoms with Gasteiger partial charge in [0.05, 0.1) is 14.2 Å². The summed E-state index contributed by atoms with van der Waals surface area (Å²) in [5.74, 6) is -1.38. The molecule has 0 heterocycles. The van der Waals surface area contributed by atoms with Gasteiger partial charge in [-0.3, -0.25) is 4.79 Å². The van der Waals surface area contributed by atoms with Gasteiger partial charge >= 0.3 is 5.97 Å². The number of rotatable bonds is 5. The maximum absolute atomic E-state index is 11.1. The number of benzene rings is 1. The molecule has 0 aromatic heterocycles. The highest BCUT2D eigenvalue weighted by atomic mass is 79.9. The third-order valence-electron chi connectivity index (χ3n) is 2.14. The summed E-state index contributed by atoms with van der Waals surface area (Å²) in [7, 11) is 2.96. The first kappa shape index (κ1) is 13.5. The Morgan fingerprint density at radius 3 is 2.24 bits per heavy atom. The smallest absolute Gasteiger partial charge is 0.372 e. The average Bonchev–Trinajstić information content (AvgIpc) is 2.30. The number of carbonyl (C=O) groups excluding carboxylic acids is 1. The first-order valence-electron chi connectivity index (χ1n) is 4.66. The Hall–Kier alpha value is -1.56. The highest BCUT2D eigenvalue weighted by Gasteiger charge is 2.16. The van der Waals surface area contributed by atoms with Crippen LogP contribution < -0.4 is 9.47 Å². The highest BCUT2D eigenvalue weighted by molar-refractivity contribution is 9.10. The molecule has 0 aliphatic heterocycles. The Kier molecular flexibility index (Phi) is 4.51. The molecule has 0 unspecified atom stereocenters. The lowest BCUT2D eigenvalue weighted by molar-refractivity contribution is -0.148. The minimum Gasteiger partial charge on any atom is -0.493 e. The SMILES string of the molecule is COc1cc(Br)c(CC(=O)C(=O)O)cc1OC. The second kappa shape index (κ2) is 5.67. The monoisotopic (exact) mass is 302 g/mol. The van der Waals surface area contributed by atoms with Gasteiger partial charge in [0, 0.05) is 10.9 Å². The van der Waals surface area contributed by atoms with Crippen molar-refractivity contribution in [2.45, 2.75) is 6.42 Å². The van der Waals surface area contributed by atoms with E-state index in [9.17, 15) is 9.59 Å². The van der Waals surface area contributed by atoms with Crippen molar-refractivity contribution in [3.05, 3.63) is 22.2 Å². The van der Waals surface area contributed by atoms with E-state index in [0.29, 0.717) is 21.5 Å². The summed E-state index contributed by atoms with van der Waals surface area (Å²) in [6, 6.07) is 3.20. The molecule has 0 atom stereocenters.